The Labute approximate surface area is 106 Å². The predicted octanol–water partition coefficient (Wildman–Crippen LogP) is 0.185. The SMILES string of the molecule is Cc1c[nH]c(CN2CCOCC(O)C2)c(C)c1=O. The van der Waals surface area contributed by atoms with Crippen molar-refractivity contribution in [1.29, 1.82) is 0 Å². The molecule has 18 heavy (non-hydrogen) atoms. The number of aryl methyl sites for hydroxylation is 1. The molecule has 0 spiro atoms. The number of hydrogen-bond acceptors (Lipinski definition) is 4. The van der Waals surface area contributed by atoms with Gasteiger partial charge in [0.1, 0.15) is 0 Å². The number of aromatic nitrogens is 1. The van der Waals surface area contributed by atoms with E-state index in [1.165, 1.54) is 0 Å². The van der Waals surface area contributed by atoms with E-state index in [4.69, 9.17) is 4.74 Å². The zero-order chi connectivity index (χ0) is 13.1. The third-order valence-electron chi connectivity index (χ3n) is 3.33. The van der Waals surface area contributed by atoms with Gasteiger partial charge in [0.25, 0.3) is 0 Å². The Hall–Kier alpha value is -1.17. The molecule has 0 aromatic carbocycles. The van der Waals surface area contributed by atoms with Crippen LogP contribution >= 0.6 is 0 Å². The fourth-order valence-corrected chi connectivity index (χ4v) is 2.19. The van der Waals surface area contributed by atoms with Crippen LogP contribution in [0.4, 0.5) is 0 Å². The number of hydrogen-bond donors (Lipinski definition) is 2. The van der Waals surface area contributed by atoms with Crippen LogP contribution in [-0.4, -0.2) is 47.4 Å². The molecule has 1 aliphatic rings. The number of rotatable bonds is 2. The minimum atomic E-state index is -0.454. The first-order valence-electron chi connectivity index (χ1n) is 6.24. The van der Waals surface area contributed by atoms with Crippen molar-refractivity contribution < 1.29 is 9.84 Å². The summed E-state index contributed by atoms with van der Waals surface area (Å²) in [4.78, 5) is 17.1. The van der Waals surface area contributed by atoms with Crippen LogP contribution in [0, 0.1) is 13.8 Å². The van der Waals surface area contributed by atoms with Gasteiger partial charge in [-0.2, -0.15) is 0 Å². The summed E-state index contributed by atoms with van der Waals surface area (Å²) in [5.41, 5.74) is 2.50. The van der Waals surface area contributed by atoms with Crippen molar-refractivity contribution in [2.75, 3.05) is 26.3 Å². The van der Waals surface area contributed by atoms with E-state index >= 15 is 0 Å². The molecule has 100 valence electrons. The lowest BCUT2D eigenvalue weighted by atomic mass is 10.1. The molecular formula is C13H20N2O3. The quantitative estimate of drug-likeness (QED) is 0.788. The van der Waals surface area contributed by atoms with Gasteiger partial charge >= 0.3 is 0 Å². The lowest BCUT2D eigenvalue weighted by Gasteiger charge is -2.21. The van der Waals surface area contributed by atoms with Gasteiger partial charge in [-0.25, -0.2) is 0 Å². The largest absolute Gasteiger partial charge is 0.389 e. The van der Waals surface area contributed by atoms with Crippen LogP contribution in [-0.2, 0) is 11.3 Å². The van der Waals surface area contributed by atoms with Crippen molar-refractivity contribution in [2.45, 2.75) is 26.5 Å². The maximum absolute atomic E-state index is 11.9. The first-order valence-corrected chi connectivity index (χ1v) is 6.24. The van der Waals surface area contributed by atoms with Gasteiger partial charge in [0, 0.05) is 42.7 Å². The van der Waals surface area contributed by atoms with Gasteiger partial charge in [-0.3, -0.25) is 9.69 Å². The molecule has 2 rings (SSSR count). The molecule has 0 radical (unpaired) electrons. The Balaban J connectivity index is 2.13. The molecule has 2 heterocycles. The number of ether oxygens (including phenoxy) is 1. The summed E-state index contributed by atoms with van der Waals surface area (Å²) in [6.45, 7) is 6.64. The number of aliphatic hydroxyl groups excluding tert-OH is 1. The molecule has 1 aromatic rings. The molecule has 0 bridgehead atoms. The van der Waals surface area contributed by atoms with Crippen LogP contribution in [0.15, 0.2) is 11.0 Å². The lowest BCUT2D eigenvalue weighted by Crippen LogP contribution is -2.33. The second-order valence-electron chi connectivity index (χ2n) is 4.87. The Morgan fingerprint density at radius 1 is 1.56 bits per heavy atom. The van der Waals surface area contributed by atoms with E-state index in [0.29, 0.717) is 26.3 Å². The van der Waals surface area contributed by atoms with E-state index in [-0.39, 0.29) is 5.43 Å². The van der Waals surface area contributed by atoms with E-state index < -0.39 is 6.10 Å². The number of H-pyrrole nitrogens is 1. The fourth-order valence-electron chi connectivity index (χ4n) is 2.19. The molecule has 5 nitrogen and oxygen atoms in total. The standard InChI is InChI=1S/C13H20N2O3/c1-9-5-14-12(10(2)13(9)17)7-15-3-4-18-8-11(16)6-15/h5,11,16H,3-4,6-8H2,1-2H3,(H,14,17). The number of nitrogens with zero attached hydrogens (tertiary/aromatic N) is 1. The molecule has 1 saturated heterocycles. The Kier molecular flexibility index (Phi) is 4.16. The van der Waals surface area contributed by atoms with Crippen molar-refractivity contribution in [3.05, 3.63) is 33.2 Å². The minimum absolute atomic E-state index is 0.0929. The second kappa shape index (κ2) is 5.65. The molecule has 2 N–H and O–H groups in total. The van der Waals surface area contributed by atoms with Crippen LogP contribution in [0.25, 0.3) is 0 Å². The second-order valence-corrected chi connectivity index (χ2v) is 4.87. The van der Waals surface area contributed by atoms with E-state index in [9.17, 15) is 9.90 Å². The first kappa shape index (κ1) is 13.3. The highest BCUT2D eigenvalue weighted by molar-refractivity contribution is 5.23. The predicted molar refractivity (Wildman–Crippen MR) is 68.6 cm³/mol. The number of nitrogens with one attached hydrogen (secondary N) is 1. The Bertz CT molecular complexity index is 470. The molecule has 1 aliphatic heterocycles. The van der Waals surface area contributed by atoms with Crippen molar-refractivity contribution in [2.24, 2.45) is 0 Å². The van der Waals surface area contributed by atoms with Crippen LogP contribution in [0.1, 0.15) is 16.8 Å². The van der Waals surface area contributed by atoms with Gasteiger partial charge in [-0.15, -0.1) is 0 Å². The van der Waals surface area contributed by atoms with Crippen LogP contribution in [0.3, 0.4) is 0 Å². The average molecular weight is 252 g/mol. The minimum Gasteiger partial charge on any atom is -0.389 e. The summed E-state index contributed by atoms with van der Waals surface area (Å²) in [6.07, 6.45) is 1.29. The first-order chi connectivity index (χ1) is 8.58. The van der Waals surface area contributed by atoms with Gasteiger partial charge in [-0.1, -0.05) is 0 Å². The van der Waals surface area contributed by atoms with E-state index in [1.807, 2.05) is 6.92 Å². The molecule has 1 atom stereocenters. The molecular weight excluding hydrogens is 232 g/mol. The number of aromatic amines is 1. The number of aliphatic hydroxyl groups is 1. The number of pyridine rings is 1. The summed E-state index contributed by atoms with van der Waals surface area (Å²) in [6, 6.07) is 0. The topological polar surface area (TPSA) is 65.6 Å². The molecule has 1 fully saturated rings. The molecule has 5 heteroatoms. The summed E-state index contributed by atoms with van der Waals surface area (Å²) in [5.74, 6) is 0. The van der Waals surface area contributed by atoms with Gasteiger partial charge in [-0.05, 0) is 13.8 Å². The molecule has 0 amide bonds. The highest BCUT2D eigenvalue weighted by atomic mass is 16.5. The van der Waals surface area contributed by atoms with Gasteiger partial charge < -0.3 is 14.8 Å². The maximum atomic E-state index is 11.9. The third kappa shape index (κ3) is 2.98. The van der Waals surface area contributed by atoms with E-state index in [2.05, 4.69) is 9.88 Å². The van der Waals surface area contributed by atoms with E-state index in [0.717, 1.165) is 23.4 Å². The molecule has 1 aromatic heterocycles. The fraction of sp³-hybridized carbons (Fsp3) is 0.615. The monoisotopic (exact) mass is 252 g/mol. The van der Waals surface area contributed by atoms with E-state index in [1.54, 1.807) is 13.1 Å². The van der Waals surface area contributed by atoms with Crippen molar-refractivity contribution in [3.63, 3.8) is 0 Å². The Morgan fingerprint density at radius 3 is 3.11 bits per heavy atom. The maximum Gasteiger partial charge on any atom is 0.187 e. The molecule has 1 unspecified atom stereocenters. The lowest BCUT2D eigenvalue weighted by molar-refractivity contribution is 0.0561. The smallest absolute Gasteiger partial charge is 0.187 e. The van der Waals surface area contributed by atoms with Crippen LogP contribution in [0.2, 0.25) is 0 Å². The zero-order valence-electron chi connectivity index (χ0n) is 10.9. The van der Waals surface area contributed by atoms with Crippen LogP contribution in [0.5, 0.6) is 0 Å². The van der Waals surface area contributed by atoms with Gasteiger partial charge in [0.05, 0.1) is 19.3 Å². The Morgan fingerprint density at radius 2 is 2.33 bits per heavy atom. The third-order valence-corrected chi connectivity index (χ3v) is 3.33. The summed E-state index contributed by atoms with van der Waals surface area (Å²) < 4.78 is 5.28. The van der Waals surface area contributed by atoms with Crippen molar-refractivity contribution in [1.82, 2.24) is 9.88 Å². The van der Waals surface area contributed by atoms with Gasteiger partial charge in [0.15, 0.2) is 5.43 Å². The average Bonchev–Trinajstić information content (AvgIpc) is 2.54. The van der Waals surface area contributed by atoms with Crippen molar-refractivity contribution >= 4 is 0 Å². The van der Waals surface area contributed by atoms with Crippen molar-refractivity contribution in [3.8, 4) is 0 Å². The summed E-state index contributed by atoms with van der Waals surface area (Å²) in [7, 11) is 0. The zero-order valence-corrected chi connectivity index (χ0v) is 10.9. The van der Waals surface area contributed by atoms with Crippen LogP contribution < -0.4 is 5.43 Å². The number of β-amino-alcohol motifs (C(OH)–C–C–N with tert-alkyl or cyclic N) is 1. The highest BCUT2D eigenvalue weighted by Crippen LogP contribution is 2.08. The molecule has 0 aliphatic carbocycles. The van der Waals surface area contributed by atoms with Gasteiger partial charge in [0.2, 0.25) is 0 Å². The summed E-state index contributed by atoms with van der Waals surface area (Å²) >= 11 is 0. The highest BCUT2D eigenvalue weighted by Gasteiger charge is 2.17. The normalized spacial score (nSPS) is 21.8. The summed E-state index contributed by atoms with van der Waals surface area (Å²) in [5, 5.41) is 9.67. The molecule has 0 saturated carbocycles.